The van der Waals surface area contributed by atoms with Crippen molar-refractivity contribution in [2.75, 3.05) is 0 Å². The van der Waals surface area contributed by atoms with Crippen LogP contribution in [0.1, 0.15) is 0 Å². The largest absolute Gasteiger partial charge is 3.00 e. The Morgan fingerprint density at radius 3 is 0.794 bits per heavy atom. The number of rotatable bonds is 3. The topological polar surface area (TPSA) is 172 Å². The van der Waals surface area contributed by atoms with Gasteiger partial charge in [0.2, 0.25) is 0 Å². The van der Waals surface area contributed by atoms with E-state index in [4.69, 9.17) is 0 Å². The van der Waals surface area contributed by atoms with Crippen molar-refractivity contribution < 1.29 is 38.9 Å². The number of hydrogen-bond acceptors (Lipinski definition) is 9. The summed E-state index contributed by atoms with van der Waals surface area (Å²) in [4.78, 5) is -0.529. The van der Waals surface area contributed by atoms with Gasteiger partial charge in [-0.25, -0.2) is 25.3 Å². The predicted molar refractivity (Wildman–Crippen MR) is 147 cm³/mol. The fourth-order valence-corrected chi connectivity index (χ4v) is 5.68. The minimum absolute atomic E-state index is 0. The SMILES string of the molecule is O=S(=O)([O-])c1cccc(I)c1.O=S(=O)([O-])c1cccc(I)c1.O=S(=O)([O-])c1cccc(I)c1.[In+3]. The molecule has 34 heavy (non-hydrogen) atoms. The molecule has 0 aliphatic rings. The summed E-state index contributed by atoms with van der Waals surface area (Å²) in [6.45, 7) is 0. The molecule has 0 radical (unpaired) electrons. The van der Waals surface area contributed by atoms with Gasteiger partial charge in [0, 0.05) is 10.7 Å². The third-order valence-corrected chi connectivity index (χ3v) is 7.76. The second-order valence-electron chi connectivity index (χ2n) is 5.73. The van der Waals surface area contributed by atoms with Crippen molar-refractivity contribution in [2.24, 2.45) is 0 Å². The van der Waals surface area contributed by atoms with Crippen LogP contribution in [0, 0.1) is 10.7 Å². The van der Waals surface area contributed by atoms with E-state index in [-0.39, 0.29) is 40.5 Å². The molecule has 3 aromatic rings. The molecule has 0 saturated carbocycles. The first-order chi connectivity index (χ1) is 15.0. The van der Waals surface area contributed by atoms with Crippen LogP contribution in [-0.2, 0) is 30.4 Å². The van der Waals surface area contributed by atoms with Gasteiger partial charge in [-0.1, -0.05) is 18.2 Å². The van der Waals surface area contributed by atoms with Crippen LogP contribution in [0.3, 0.4) is 0 Å². The van der Waals surface area contributed by atoms with Gasteiger partial charge in [0.1, 0.15) is 30.4 Å². The minimum atomic E-state index is -4.28. The summed E-state index contributed by atoms with van der Waals surface area (Å²) < 4.78 is 96.0. The normalized spacial score (nSPS) is 11.1. The van der Waals surface area contributed by atoms with Crippen molar-refractivity contribution in [1.29, 1.82) is 0 Å². The van der Waals surface area contributed by atoms with Crippen LogP contribution in [0.15, 0.2) is 87.5 Å². The molecule has 3 rings (SSSR count). The summed E-state index contributed by atoms with van der Waals surface area (Å²) in [5.41, 5.74) is 0. The van der Waals surface area contributed by atoms with E-state index in [2.05, 4.69) is 0 Å². The molecule has 0 saturated heterocycles. The van der Waals surface area contributed by atoms with Crippen molar-refractivity contribution in [1.82, 2.24) is 0 Å². The first kappa shape index (κ1) is 34.5. The quantitative estimate of drug-likeness (QED) is 0.283. The standard InChI is InChI=1S/3C6H5IO3S.In/c3*7-5-2-1-3-6(4-5)11(8,9)10;/h3*1-4H,(H,8,9,10);/q;;;+3/p-3. The fourth-order valence-electron chi connectivity index (χ4n) is 1.87. The van der Waals surface area contributed by atoms with Crippen molar-refractivity contribution in [3.8, 4) is 0 Å². The minimum Gasteiger partial charge on any atom is -0.744 e. The third kappa shape index (κ3) is 13.7. The van der Waals surface area contributed by atoms with Gasteiger partial charge in [0.25, 0.3) is 0 Å². The maximum atomic E-state index is 10.4. The second-order valence-corrected chi connectivity index (χ2v) is 13.6. The van der Waals surface area contributed by atoms with Gasteiger partial charge < -0.3 is 13.7 Å². The first-order valence-corrected chi connectivity index (χ1v) is 15.6. The van der Waals surface area contributed by atoms with Crippen molar-refractivity contribution in [3.63, 3.8) is 0 Å². The van der Waals surface area contributed by atoms with Gasteiger partial charge in [0.15, 0.2) is 0 Å². The van der Waals surface area contributed by atoms with E-state index in [1.54, 1.807) is 18.2 Å². The maximum absolute atomic E-state index is 10.4. The van der Waals surface area contributed by atoms with Crippen molar-refractivity contribution >= 4 is 124 Å². The summed E-state index contributed by atoms with van der Waals surface area (Å²) in [5, 5.41) is 0. The van der Waals surface area contributed by atoms with Crippen LogP contribution in [0.4, 0.5) is 0 Å². The molecule has 0 unspecified atom stereocenters. The summed E-state index contributed by atoms with van der Waals surface area (Å²) in [5.74, 6) is 0. The molecule has 0 aliphatic heterocycles. The van der Waals surface area contributed by atoms with Crippen LogP contribution >= 0.6 is 67.8 Å². The molecule has 3 aromatic carbocycles. The molecule has 0 aliphatic carbocycles. The van der Waals surface area contributed by atoms with Gasteiger partial charge in [-0.2, -0.15) is 0 Å². The maximum Gasteiger partial charge on any atom is 3.00 e. The van der Waals surface area contributed by atoms with E-state index < -0.39 is 30.4 Å². The van der Waals surface area contributed by atoms with Gasteiger partial charge in [0.05, 0.1) is 14.7 Å². The Kier molecular flexibility index (Phi) is 15.2. The number of halogens is 3. The van der Waals surface area contributed by atoms with E-state index in [1.165, 1.54) is 54.6 Å². The van der Waals surface area contributed by atoms with Crippen molar-refractivity contribution in [3.05, 3.63) is 83.5 Å². The zero-order valence-electron chi connectivity index (χ0n) is 16.5. The molecule has 180 valence electrons. The van der Waals surface area contributed by atoms with Gasteiger partial charge in [-0.3, -0.25) is 0 Å². The Balaban J connectivity index is 0.000000473. The molecule has 0 N–H and O–H groups in total. The predicted octanol–water partition coefficient (Wildman–Crippen LogP) is 3.21. The van der Waals surface area contributed by atoms with Crippen LogP contribution in [0.25, 0.3) is 0 Å². The van der Waals surface area contributed by atoms with Crippen LogP contribution in [-0.4, -0.2) is 64.8 Å². The molecule has 9 nitrogen and oxygen atoms in total. The number of benzene rings is 3. The summed E-state index contributed by atoms with van der Waals surface area (Å²) in [6, 6.07) is 17.6. The Bertz CT molecular complexity index is 1250. The fraction of sp³-hybridized carbons (Fsp3) is 0. The van der Waals surface area contributed by atoms with Gasteiger partial charge in [-0.15, -0.1) is 0 Å². The second kappa shape index (κ2) is 15.0. The Hall–Kier alpha value is 0.450. The molecule has 0 atom stereocenters. The van der Waals surface area contributed by atoms with E-state index in [1.807, 2.05) is 67.8 Å². The van der Waals surface area contributed by atoms with Gasteiger partial charge in [-0.05, 0) is 122 Å². The number of hydrogen-bond donors (Lipinski definition) is 0. The average molecular weight is 964 g/mol. The molecule has 16 heteroatoms. The molecular weight excluding hydrogens is 952 g/mol. The Morgan fingerprint density at radius 1 is 0.471 bits per heavy atom. The van der Waals surface area contributed by atoms with Crippen LogP contribution < -0.4 is 0 Å². The Labute approximate surface area is 257 Å². The first-order valence-electron chi connectivity index (χ1n) is 8.14. The molecular formula is C18H12I3InO9S3. The smallest absolute Gasteiger partial charge is 0.744 e. The summed E-state index contributed by atoms with van der Waals surface area (Å²) >= 11 is 5.83. The molecule has 0 spiro atoms. The zero-order valence-corrected chi connectivity index (χ0v) is 28.8. The average Bonchev–Trinajstić information content (AvgIpc) is 2.67. The van der Waals surface area contributed by atoms with Gasteiger partial charge >= 0.3 is 25.8 Å². The summed E-state index contributed by atoms with van der Waals surface area (Å²) in [7, 11) is -12.8. The molecule has 0 heterocycles. The Morgan fingerprint density at radius 2 is 0.676 bits per heavy atom. The molecule has 0 bridgehead atoms. The zero-order chi connectivity index (χ0) is 25.4. The van der Waals surface area contributed by atoms with E-state index >= 15 is 0 Å². The summed E-state index contributed by atoms with van der Waals surface area (Å²) in [6.07, 6.45) is 0. The molecule has 0 fully saturated rings. The monoisotopic (exact) mass is 964 g/mol. The molecule has 0 aromatic heterocycles. The van der Waals surface area contributed by atoms with Crippen molar-refractivity contribution in [2.45, 2.75) is 14.7 Å². The van der Waals surface area contributed by atoms with Crippen LogP contribution in [0.5, 0.6) is 0 Å². The van der Waals surface area contributed by atoms with E-state index in [0.717, 1.165) is 10.7 Å². The van der Waals surface area contributed by atoms with E-state index in [9.17, 15) is 38.9 Å². The molecule has 0 amide bonds. The van der Waals surface area contributed by atoms with Crippen LogP contribution in [0.2, 0.25) is 0 Å². The third-order valence-electron chi connectivity index (χ3n) is 3.25. The van der Waals surface area contributed by atoms with E-state index in [0.29, 0.717) is 0 Å².